The quantitative estimate of drug-likeness (QED) is 0.807. The van der Waals surface area contributed by atoms with Crippen molar-refractivity contribution in [2.24, 2.45) is 0 Å². The minimum Gasteiger partial charge on any atom is -0.381 e. The van der Waals surface area contributed by atoms with Crippen molar-refractivity contribution in [1.29, 1.82) is 5.26 Å². The number of thioether (sulfide) groups is 1. The van der Waals surface area contributed by atoms with Crippen molar-refractivity contribution in [3.63, 3.8) is 0 Å². The van der Waals surface area contributed by atoms with Gasteiger partial charge in [-0.25, -0.2) is 4.98 Å². The molecule has 0 N–H and O–H groups in total. The summed E-state index contributed by atoms with van der Waals surface area (Å²) in [7, 11) is 0. The molecule has 1 aliphatic heterocycles. The molecule has 0 amide bonds. The Labute approximate surface area is 106 Å². The maximum atomic E-state index is 9.19. The monoisotopic (exact) mass is 248 g/mol. The largest absolute Gasteiger partial charge is 0.381 e. The van der Waals surface area contributed by atoms with Crippen LogP contribution in [0.5, 0.6) is 0 Å². The van der Waals surface area contributed by atoms with E-state index in [-0.39, 0.29) is 0 Å². The van der Waals surface area contributed by atoms with E-state index in [2.05, 4.69) is 11.1 Å². The predicted octanol–water partition coefficient (Wildman–Crippen LogP) is 2.84. The number of hydrogen-bond donors (Lipinski definition) is 0. The van der Waals surface area contributed by atoms with Crippen LogP contribution in [0.2, 0.25) is 0 Å². The lowest BCUT2D eigenvalue weighted by Crippen LogP contribution is -2.17. The average Bonchev–Trinajstić information content (AvgIpc) is 2.30. The van der Waals surface area contributed by atoms with E-state index in [1.165, 1.54) is 0 Å². The van der Waals surface area contributed by atoms with E-state index in [0.29, 0.717) is 5.25 Å². The van der Waals surface area contributed by atoms with Crippen LogP contribution >= 0.6 is 11.8 Å². The third kappa shape index (κ3) is 2.99. The molecular weight excluding hydrogens is 232 g/mol. The predicted molar refractivity (Wildman–Crippen MR) is 68.1 cm³/mol. The number of rotatable bonds is 2. The first-order valence-corrected chi connectivity index (χ1v) is 6.71. The van der Waals surface area contributed by atoms with Crippen LogP contribution in [-0.2, 0) is 4.74 Å². The molecular formula is C13H16N2OS. The SMILES string of the molecule is Cc1cc(C)c(C#N)c(SC2CCOCC2)n1. The Morgan fingerprint density at radius 1 is 1.41 bits per heavy atom. The maximum absolute atomic E-state index is 9.19. The summed E-state index contributed by atoms with van der Waals surface area (Å²) in [5, 5.41) is 10.6. The number of nitriles is 1. The van der Waals surface area contributed by atoms with Gasteiger partial charge in [-0.15, -0.1) is 11.8 Å². The van der Waals surface area contributed by atoms with E-state index in [4.69, 9.17) is 4.74 Å². The molecule has 0 bridgehead atoms. The summed E-state index contributed by atoms with van der Waals surface area (Å²) in [5.74, 6) is 0. The molecule has 1 saturated heterocycles. The van der Waals surface area contributed by atoms with Gasteiger partial charge in [-0.1, -0.05) is 0 Å². The van der Waals surface area contributed by atoms with Crippen molar-refractivity contribution in [1.82, 2.24) is 4.98 Å². The molecule has 1 aliphatic rings. The van der Waals surface area contributed by atoms with Crippen LogP contribution in [0.4, 0.5) is 0 Å². The van der Waals surface area contributed by atoms with Crippen molar-refractivity contribution in [2.45, 2.75) is 37.0 Å². The first-order valence-electron chi connectivity index (χ1n) is 5.83. The van der Waals surface area contributed by atoms with Crippen LogP contribution in [0.15, 0.2) is 11.1 Å². The highest BCUT2D eigenvalue weighted by Gasteiger charge is 2.18. The highest BCUT2D eigenvalue weighted by atomic mass is 32.2. The second kappa shape index (κ2) is 5.52. The lowest BCUT2D eigenvalue weighted by molar-refractivity contribution is 0.1000. The van der Waals surface area contributed by atoms with Gasteiger partial charge in [-0.3, -0.25) is 0 Å². The molecule has 0 atom stereocenters. The van der Waals surface area contributed by atoms with Gasteiger partial charge in [0.05, 0.1) is 5.56 Å². The highest BCUT2D eigenvalue weighted by molar-refractivity contribution is 7.99. The third-order valence-corrected chi connectivity index (χ3v) is 4.19. The van der Waals surface area contributed by atoms with Gasteiger partial charge in [0, 0.05) is 24.2 Å². The topological polar surface area (TPSA) is 45.9 Å². The minimum atomic E-state index is 0.532. The standard InChI is InChI=1S/C13H16N2OS/c1-9-7-10(2)15-13(12(9)8-14)17-11-3-5-16-6-4-11/h7,11H,3-6H2,1-2H3. The average molecular weight is 248 g/mol. The van der Waals surface area contributed by atoms with Gasteiger partial charge < -0.3 is 4.74 Å². The normalized spacial score (nSPS) is 16.8. The van der Waals surface area contributed by atoms with E-state index >= 15 is 0 Å². The van der Waals surface area contributed by atoms with Crippen molar-refractivity contribution in [3.8, 4) is 6.07 Å². The van der Waals surface area contributed by atoms with Gasteiger partial charge in [0.1, 0.15) is 11.1 Å². The second-order valence-electron chi connectivity index (χ2n) is 4.30. The van der Waals surface area contributed by atoms with E-state index in [0.717, 1.165) is 47.9 Å². The summed E-state index contributed by atoms with van der Waals surface area (Å²) < 4.78 is 5.34. The number of aromatic nitrogens is 1. The second-order valence-corrected chi connectivity index (χ2v) is 5.59. The molecule has 0 aromatic carbocycles. The Morgan fingerprint density at radius 2 is 2.12 bits per heavy atom. The van der Waals surface area contributed by atoms with Crippen LogP contribution in [-0.4, -0.2) is 23.4 Å². The molecule has 2 rings (SSSR count). The Hall–Kier alpha value is -1.05. The summed E-state index contributed by atoms with van der Waals surface area (Å²) >= 11 is 1.73. The molecule has 3 nitrogen and oxygen atoms in total. The fourth-order valence-corrected chi connectivity index (χ4v) is 3.24. The number of pyridine rings is 1. The molecule has 1 aromatic rings. The first-order chi connectivity index (χ1) is 8.20. The lowest BCUT2D eigenvalue weighted by Gasteiger charge is -2.21. The molecule has 0 spiro atoms. The van der Waals surface area contributed by atoms with Gasteiger partial charge in [0.2, 0.25) is 0 Å². The molecule has 0 saturated carbocycles. The van der Waals surface area contributed by atoms with E-state index in [1.54, 1.807) is 11.8 Å². The molecule has 90 valence electrons. The lowest BCUT2D eigenvalue weighted by atomic mass is 10.1. The molecule has 1 aromatic heterocycles. The Bertz CT molecular complexity index is 447. The summed E-state index contributed by atoms with van der Waals surface area (Å²) in [6, 6.07) is 4.23. The number of ether oxygens (including phenoxy) is 1. The zero-order valence-electron chi connectivity index (χ0n) is 10.2. The summed E-state index contributed by atoms with van der Waals surface area (Å²) in [6.07, 6.45) is 2.09. The molecule has 17 heavy (non-hydrogen) atoms. The molecule has 4 heteroatoms. The first kappa shape index (κ1) is 12.4. The van der Waals surface area contributed by atoms with Crippen molar-refractivity contribution < 1.29 is 4.74 Å². The summed E-state index contributed by atoms with van der Waals surface area (Å²) in [5.41, 5.74) is 2.73. The van der Waals surface area contributed by atoms with Crippen LogP contribution < -0.4 is 0 Å². The Kier molecular flexibility index (Phi) is 4.03. The summed E-state index contributed by atoms with van der Waals surface area (Å²) in [6.45, 7) is 5.60. The Balaban J connectivity index is 2.22. The van der Waals surface area contributed by atoms with Crippen LogP contribution in [0, 0.1) is 25.2 Å². The fraction of sp³-hybridized carbons (Fsp3) is 0.538. The van der Waals surface area contributed by atoms with Crippen LogP contribution in [0.1, 0.15) is 29.7 Å². The van der Waals surface area contributed by atoms with Gasteiger partial charge in [-0.05, 0) is 38.3 Å². The molecule has 0 unspecified atom stereocenters. The highest BCUT2D eigenvalue weighted by Crippen LogP contribution is 2.31. The fourth-order valence-electron chi connectivity index (χ4n) is 1.98. The van der Waals surface area contributed by atoms with E-state index in [1.807, 2.05) is 19.9 Å². The van der Waals surface area contributed by atoms with Crippen molar-refractivity contribution in [3.05, 3.63) is 22.9 Å². The number of nitrogens with zero attached hydrogens (tertiary/aromatic N) is 2. The van der Waals surface area contributed by atoms with Gasteiger partial charge in [0.25, 0.3) is 0 Å². The molecule has 2 heterocycles. The van der Waals surface area contributed by atoms with E-state index < -0.39 is 0 Å². The minimum absolute atomic E-state index is 0.532. The number of hydrogen-bond acceptors (Lipinski definition) is 4. The maximum Gasteiger partial charge on any atom is 0.115 e. The molecule has 1 fully saturated rings. The zero-order chi connectivity index (χ0) is 12.3. The van der Waals surface area contributed by atoms with Gasteiger partial charge >= 0.3 is 0 Å². The van der Waals surface area contributed by atoms with Gasteiger partial charge in [0.15, 0.2) is 0 Å². The van der Waals surface area contributed by atoms with Crippen LogP contribution in [0.25, 0.3) is 0 Å². The van der Waals surface area contributed by atoms with E-state index in [9.17, 15) is 5.26 Å². The summed E-state index contributed by atoms with van der Waals surface area (Å²) in [4.78, 5) is 4.50. The molecule has 0 radical (unpaired) electrons. The van der Waals surface area contributed by atoms with Crippen molar-refractivity contribution >= 4 is 11.8 Å². The van der Waals surface area contributed by atoms with Crippen molar-refractivity contribution in [2.75, 3.05) is 13.2 Å². The zero-order valence-corrected chi connectivity index (χ0v) is 11.0. The Morgan fingerprint density at radius 3 is 2.76 bits per heavy atom. The molecule has 0 aliphatic carbocycles. The number of aryl methyl sites for hydroxylation is 2. The van der Waals surface area contributed by atoms with Gasteiger partial charge in [-0.2, -0.15) is 5.26 Å². The van der Waals surface area contributed by atoms with Crippen LogP contribution in [0.3, 0.4) is 0 Å². The third-order valence-electron chi connectivity index (χ3n) is 2.87. The smallest absolute Gasteiger partial charge is 0.115 e.